The molecule has 0 aliphatic carbocycles. The molecule has 0 radical (unpaired) electrons. The number of hydrogen-bond acceptors (Lipinski definition) is 3. The molecule has 0 aromatic carbocycles. The molecule has 17 heavy (non-hydrogen) atoms. The molecule has 96 valence electrons. The topological polar surface area (TPSA) is 15.3 Å². The molecule has 0 spiro atoms. The highest BCUT2D eigenvalue weighted by atomic mass is 32.1. The van der Waals surface area contributed by atoms with Crippen LogP contribution >= 0.6 is 11.3 Å². The summed E-state index contributed by atoms with van der Waals surface area (Å²) in [5, 5.41) is 5.80. The van der Waals surface area contributed by atoms with E-state index in [9.17, 15) is 0 Å². The highest BCUT2D eigenvalue weighted by molar-refractivity contribution is 7.10. The number of likely N-dealkylation sites (N-methyl/N-ethyl adjacent to an activating group) is 1. The van der Waals surface area contributed by atoms with Gasteiger partial charge in [-0.2, -0.15) is 0 Å². The molecule has 2 unspecified atom stereocenters. The van der Waals surface area contributed by atoms with Crippen LogP contribution in [0.3, 0.4) is 0 Å². The van der Waals surface area contributed by atoms with Crippen molar-refractivity contribution in [2.45, 2.75) is 45.2 Å². The Kier molecular flexibility index (Phi) is 5.01. The molecule has 1 N–H and O–H groups in total. The van der Waals surface area contributed by atoms with Gasteiger partial charge in [0.2, 0.25) is 0 Å². The largest absolute Gasteiger partial charge is 0.313 e. The number of piperidine rings is 1. The van der Waals surface area contributed by atoms with Gasteiger partial charge in [-0.25, -0.2) is 0 Å². The minimum atomic E-state index is 0.636. The van der Waals surface area contributed by atoms with Crippen molar-refractivity contribution < 1.29 is 0 Å². The van der Waals surface area contributed by atoms with E-state index in [1.807, 2.05) is 11.3 Å². The van der Waals surface area contributed by atoms with Crippen molar-refractivity contribution in [2.75, 3.05) is 19.6 Å². The van der Waals surface area contributed by atoms with E-state index in [4.69, 9.17) is 0 Å². The van der Waals surface area contributed by atoms with E-state index in [1.54, 1.807) is 0 Å². The monoisotopic (exact) mass is 252 g/mol. The van der Waals surface area contributed by atoms with Crippen LogP contribution in [0.5, 0.6) is 0 Å². The summed E-state index contributed by atoms with van der Waals surface area (Å²) in [6.45, 7) is 8.08. The molecule has 1 saturated heterocycles. The molecule has 1 aliphatic heterocycles. The first-order chi connectivity index (χ1) is 8.35. The van der Waals surface area contributed by atoms with Crippen LogP contribution in [-0.4, -0.2) is 30.6 Å². The van der Waals surface area contributed by atoms with Crippen molar-refractivity contribution >= 4 is 11.3 Å². The lowest BCUT2D eigenvalue weighted by Crippen LogP contribution is -2.46. The van der Waals surface area contributed by atoms with Gasteiger partial charge in [-0.15, -0.1) is 11.3 Å². The minimum Gasteiger partial charge on any atom is -0.313 e. The van der Waals surface area contributed by atoms with Gasteiger partial charge in [0.1, 0.15) is 0 Å². The number of likely N-dealkylation sites (tertiary alicyclic amines) is 1. The molecule has 0 amide bonds. The molecule has 0 bridgehead atoms. The fourth-order valence-corrected chi connectivity index (χ4v) is 3.81. The van der Waals surface area contributed by atoms with Gasteiger partial charge in [-0.3, -0.25) is 4.90 Å². The van der Waals surface area contributed by atoms with Gasteiger partial charge in [0, 0.05) is 23.5 Å². The summed E-state index contributed by atoms with van der Waals surface area (Å²) < 4.78 is 0. The van der Waals surface area contributed by atoms with Crippen LogP contribution in [0.2, 0.25) is 0 Å². The predicted octanol–water partition coefficient (Wildman–Crippen LogP) is 3.27. The van der Waals surface area contributed by atoms with E-state index >= 15 is 0 Å². The number of nitrogens with zero attached hydrogens (tertiary/aromatic N) is 1. The average Bonchev–Trinajstić information content (AvgIpc) is 2.85. The SMILES string of the molecule is CCNC1CCCN(C(CC)c2cccs2)C1. The Bertz CT molecular complexity index is 308. The van der Waals surface area contributed by atoms with Gasteiger partial charge >= 0.3 is 0 Å². The second-order valence-electron chi connectivity index (χ2n) is 4.83. The standard InChI is InChI=1S/C14H24N2S/c1-3-13(14-8-6-10-17-14)16-9-5-7-12(11-16)15-4-2/h6,8,10,12-13,15H,3-5,7,9,11H2,1-2H3. The maximum atomic E-state index is 3.60. The van der Waals surface area contributed by atoms with E-state index < -0.39 is 0 Å². The first-order valence-corrected chi connectivity index (χ1v) is 7.74. The second kappa shape index (κ2) is 6.53. The van der Waals surface area contributed by atoms with Crippen molar-refractivity contribution in [2.24, 2.45) is 0 Å². The van der Waals surface area contributed by atoms with Crippen molar-refractivity contribution in [3.05, 3.63) is 22.4 Å². The predicted molar refractivity (Wildman–Crippen MR) is 75.6 cm³/mol. The highest BCUT2D eigenvalue weighted by Gasteiger charge is 2.25. The van der Waals surface area contributed by atoms with Gasteiger partial charge < -0.3 is 5.32 Å². The molecule has 1 aromatic heterocycles. The number of nitrogens with one attached hydrogen (secondary N) is 1. The molecule has 2 rings (SSSR count). The number of thiophene rings is 1. The Morgan fingerprint density at radius 1 is 1.53 bits per heavy atom. The van der Waals surface area contributed by atoms with Crippen molar-refractivity contribution in [3.63, 3.8) is 0 Å². The molecule has 1 fully saturated rings. The summed E-state index contributed by atoms with van der Waals surface area (Å²) in [4.78, 5) is 4.20. The van der Waals surface area contributed by atoms with E-state index in [0.29, 0.717) is 12.1 Å². The fourth-order valence-electron chi connectivity index (χ4n) is 2.86. The Hall–Kier alpha value is -0.380. The van der Waals surface area contributed by atoms with Crippen LogP contribution in [0.4, 0.5) is 0 Å². The van der Waals surface area contributed by atoms with E-state index in [1.165, 1.54) is 37.2 Å². The van der Waals surface area contributed by atoms with Crippen molar-refractivity contribution in [1.82, 2.24) is 10.2 Å². The Labute approximate surface area is 109 Å². The number of rotatable bonds is 5. The maximum Gasteiger partial charge on any atom is 0.0439 e. The minimum absolute atomic E-state index is 0.636. The lowest BCUT2D eigenvalue weighted by Gasteiger charge is -2.38. The summed E-state index contributed by atoms with van der Waals surface area (Å²) in [6, 6.07) is 5.79. The number of hydrogen-bond donors (Lipinski definition) is 1. The van der Waals surface area contributed by atoms with Gasteiger partial charge in [-0.05, 0) is 43.8 Å². The molecule has 2 heterocycles. The quantitative estimate of drug-likeness (QED) is 0.865. The summed E-state index contributed by atoms with van der Waals surface area (Å²) in [5.41, 5.74) is 0. The molecule has 2 atom stereocenters. The summed E-state index contributed by atoms with van der Waals surface area (Å²) in [6.07, 6.45) is 3.89. The first-order valence-electron chi connectivity index (χ1n) is 6.86. The van der Waals surface area contributed by atoms with Crippen LogP contribution in [-0.2, 0) is 0 Å². The molecule has 3 heteroatoms. The van der Waals surface area contributed by atoms with Crippen LogP contribution < -0.4 is 5.32 Å². The van der Waals surface area contributed by atoms with Crippen molar-refractivity contribution in [1.29, 1.82) is 0 Å². The summed E-state index contributed by atoms with van der Waals surface area (Å²) >= 11 is 1.90. The van der Waals surface area contributed by atoms with Gasteiger partial charge in [-0.1, -0.05) is 19.9 Å². The average molecular weight is 252 g/mol. The normalized spacial score (nSPS) is 23.8. The van der Waals surface area contributed by atoms with Gasteiger partial charge in [0.25, 0.3) is 0 Å². The maximum absolute atomic E-state index is 3.60. The van der Waals surface area contributed by atoms with E-state index in [2.05, 4.69) is 41.6 Å². The zero-order chi connectivity index (χ0) is 12.1. The van der Waals surface area contributed by atoms with Gasteiger partial charge in [0.15, 0.2) is 0 Å². The van der Waals surface area contributed by atoms with E-state index in [0.717, 1.165) is 6.54 Å². The molecule has 0 saturated carbocycles. The van der Waals surface area contributed by atoms with Crippen LogP contribution in [0.25, 0.3) is 0 Å². The smallest absolute Gasteiger partial charge is 0.0439 e. The Morgan fingerprint density at radius 3 is 3.06 bits per heavy atom. The van der Waals surface area contributed by atoms with Crippen LogP contribution in [0, 0.1) is 0 Å². The zero-order valence-electron chi connectivity index (χ0n) is 11.0. The molecular weight excluding hydrogens is 228 g/mol. The molecular formula is C14H24N2S. The molecule has 1 aliphatic rings. The van der Waals surface area contributed by atoms with Gasteiger partial charge in [0.05, 0.1) is 0 Å². The first kappa shape index (κ1) is 13.1. The summed E-state index contributed by atoms with van der Waals surface area (Å²) in [7, 11) is 0. The van der Waals surface area contributed by atoms with E-state index in [-0.39, 0.29) is 0 Å². The zero-order valence-corrected chi connectivity index (χ0v) is 11.8. The van der Waals surface area contributed by atoms with Crippen molar-refractivity contribution in [3.8, 4) is 0 Å². The third-order valence-corrected chi connectivity index (χ3v) is 4.62. The third-order valence-electron chi connectivity index (χ3n) is 3.64. The third kappa shape index (κ3) is 3.30. The van der Waals surface area contributed by atoms with Crippen LogP contribution in [0.1, 0.15) is 44.0 Å². The highest BCUT2D eigenvalue weighted by Crippen LogP contribution is 2.30. The molecule has 1 aromatic rings. The second-order valence-corrected chi connectivity index (χ2v) is 5.81. The lowest BCUT2D eigenvalue weighted by atomic mass is 10.0. The molecule has 2 nitrogen and oxygen atoms in total. The Morgan fingerprint density at radius 2 is 2.41 bits per heavy atom. The lowest BCUT2D eigenvalue weighted by molar-refractivity contribution is 0.136. The summed E-state index contributed by atoms with van der Waals surface area (Å²) in [5.74, 6) is 0. The Balaban J connectivity index is 1.99. The fraction of sp³-hybridized carbons (Fsp3) is 0.714. The van der Waals surface area contributed by atoms with Crippen LogP contribution in [0.15, 0.2) is 17.5 Å².